The Morgan fingerprint density at radius 2 is 1.88 bits per heavy atom. The van der Waals surface area contributed by atoms with Crippen molar-refractivity contribution < 1.29 is 18.0 Å². The van der Waals surface area contributed by atoms with Gasteiger partial charge in [-0.2, -0.15) is 13.2 Å². The number of carbonyl (C=O) groups is 1. The predicted molar refractivity (Wildman–Crippen MR) is 60.4 cm³/mol. The molecule has 6 heteroatoms. The van der Waals surface area contributed by atoms with E-state index in [-0.39, 0.29) is 12.5 Å². The molecule has 0 aliphatic rings. The lowest BCUT2D eigenvalue weighted by molar-refractivity contribution is -0.162. The molecular formula is C11H21F3N2O. The van der Waals surface area contributed by atoms with Gasteiger partial charge in [0.1, 0.15) is 6.54 Å². The van der Waals surface area contributed by atoms with Crippen LogP contribution in [0, 0.1) is 5.92 Å². The minimum atomic E-state index is -4.37. The minimum absolute atomic E-state index is 0.106. The van der Waals surface area contributed by atoms with E-state index in [2.05, 4.69) is 0 Å². The Morgan fingerprint density at radius 1 is 1.35 bits per heavy atom. The van der Waals surface area contributed by atoms with Gasteiger partial charge >= 0.3 is 6.18 Å². The highest BCUT2D eigenvalue weighted by atomic mass is 19.4. The molecule has 0 radical (unpaired) electrons. The Bertz CT molecular complexity index is 241. The smallest absolute Gasteiger partial charge is 0.332 e. The average Bonchev–Trinajstić information content (AvgIpc) is 2.20. The quantitative estimate of drug-likeness (QED) is 0.789. The van der Waals surface area contributed by atoms with E-state index in [1.165, 1.54) is 0 Å². The highest BCUT2D eigenvalue weighted by Crippen LogP contribution is 2.18. The maximum atomic E-state index is 12.3. The van der Waals surface area contributed by atoms with Gasteiger partial charge in [-0.25, -0.2) is 0 Å². The fourth-order valence-corrected chi connectivity index (χ4v) is 1.33. The number of halogens is 3. The lowest BCUT2D eigenvalue weighted by Crippen LogP contribution is -2.49. The lowest BCUT2D eigenvalue weighted by atomic mass is 10.0. The predicted octanol–water partition coefficient (Wildman–Crippen LogP) is 2.16. The maximum absolute atomic E-state index is 12.3. The van der Waals surface area contributed by atoms with E-state index in [0.29, 0.717) is 6.42 Å². The summed E-state index contributed by atoms with van der Waals surface area (Å²) in [6.07, 6.45) is -3.09. The third-order valence-electron chi connectivity index (χ3n) is 2.47. The summed E-state index contributed by atoms with van der Waals surface area (Å²) < 4.78 is 37.0. The molecule has 0 fully saturated rings. The Kier molecular flexibility index (Phi) is 6.52. The number of nitrogens with zero attached hydrogens (tertiary/aromatic N) is 1. The average molecular weight is 254 g/mol. The van der Waals surface area contributed by atoms with Crippen LogP contribution in [0.5, 0.6) is 0 Å². The molecule has 0 unspecified atom stereocenters. The number of hydrogen-bond donors (Lipinski definition) is 1. The zero-order chi connectivity index (χ0) is 13.6. The van der Waals surface area contributed by atoms with E-state index in [4.69, 9.17) is 5.73 Å². The zero-order valence-electron chi connectivity index (χ0n) is 10.5. The van der Waals surface area contributed by atoms with Gasteiger partial charge in [-0.05, 0) is 12.3 Å². The highest BCUT2D eigenvalue weighted by molar-refractivity contribution is 5.81. The second kappa shape index (κ2) is 6.83. The minimum Gasteiger partial charge on any atom is -0.332 e. The summed E-state index contributed by atoms with van der Waals surface area (Å²) >= 11 is 0. The molecule has 3 nitrogen and oxygen atoms in total. The second-order valence-corrected chi connectivity index (χ2v) is 4.50. The lowest BCUT2D eigenvalue weighted by Gasteiger charge is -2.28. The molecule has 0 aromatic rings. The van der Waals surface area contributed by atoms with Crippen molar-refractivity contribution in [3.8, 4) is 0 Å². The topological polar surface area (TPSA) is 46.3 Å². The van der Waals surface area contributed by atoms with Gasteiger partial charge in [-0.1, -0.05) is 27.2 Å². The molecule has 0 aliphatic carbocycles. The summed E-state index contributed by atoms with van der Waals surface area (Å²) in [5, 5.41) is 0. The van der Waals surface area contributed by atoms with E-state index in [0.717, 1.165) is 11.3 Å². The van der Waals surface area contributed by atoms with Crippen LogP contribution < -0.4 is 5.73 Å². The van der Waals surface area contributed by atoms with Crippen molar-refractivity contribution in [2.75, 3.05) is 13.1 Å². The first-order chi connectivity index (χ1) is 7.69. The molecule has 17 heavy (non-hydrogen) atoms. The van der Waals surface area contributed by atoms with Gasteiger partial charge in [0, 0.05) is 6.54 Å². The number of hydrogen-bond acceptors (Lipinski definition) is 2. The van der Waals surface area contributed by atoms with Crippen LogP contribution in [-0.2, 0) is 4.79 Å². The van der Waals surface area contributed by atoms with Crippen LogP contribution in [0.1, 0.15) is 33.6 Å². The Balaban J connectivity index is 4.61. The second-order valence-electron chi connectivity index (χ2n) is 4.50. The number of nitrogens with two attached hydrogens (primary N) is 1. The fourth-order valence-electron chi connectivity index (χ4n) is 1.33. The first-order valence-corrected chi connectivity index (χ1v) is 5.80. The van der Waals surface area contributed by atoms with Crippen molar-refractivity contribution in [1.29, 1.82) is 0 Å². The molecule has 0 aromatic carbocycles. The van der Waals surface area contributed by atoms with Gasteiger partial charge in [-0.3, -0.25) is 4.79 Å². The van der Waals surface area contributed by atoms with E-state index in [9.17, 15) is 18.0 Å². The van der Waals surface area contributed by atoms with Gasteiger partial charge in [0.2, 0.25) is 5.91 Å². The molecule has 0 heterocycles. The summed E-state index contributed by atoms with van der Waals surface area (Å²) in [7, 11) is 0. The molecule has 102 valence electrons. The summed E-state index contributed by atoms with van der Waals surface area (Å²) in [6, 6.07) is -0.866. The van der Waals surface area contributed by atoms with Crippen LogP contribution in [0.2, 0.25) is 0 Å². The van der Waals surface area contributed by atoms with E-state index in [1.807, 2.05) is 6.92 Å². The van der Waals surface area contributed by atoms with Gasteiger partial charge in [0.25, 0.3) is 0 Å². The monoisotopic (exact) mass is 254 g/mol. The number of amides is 1. The highest BCUT2D eigenvalue weighted by Gasteiger charge is 2.34. The third-order valence-corrected chi connectivity index (χ3v) is 2.47. The van der Waals surface area contributed by atoms with Crippen molar-refractivity contribution >= 4 is 5.91 Å². The molecule has 0 spiro atoms. The van der Waals surface area contributed by atoms with E-state index in [1.54, 1.807) is 13.8 Å². The molecule has 0 saturated carbocycles. The van der Waals surface area contributed by atoms with Crippen LogP contribution in [0.4, 0.5) is 13.2 Å². The molecule has 0 aliphatic heterocycles. The van der Waals surface area contributed by atoms with Crippen LogP contribution in [-0.4, -0.2) is 36.1 Å². The van der Waals surface area contributed by atoms with E-state index < -0.39 is 24.7 Å². The molecule has 2 N–H and O–H groups in total. The number of alkyl halides is 3. The molecule has 0 rings (SSSR count). The Hall–Kier alpha value is -0.780. The maximum Gasteiger partial charge on any atom is 0.406 e. The van der Waals surface area contributed by atoms with Gasteiger partial charge in [0.15, 0.2) is 0 Å². The summed E-state index contributed by atoms with van der Waals surface area (Å²) in [5.74, 6) is -0.786. The Morgan fingerprint density at radius 3 is 2.24 bits per heavy atom. The molecular weight excluding hydrogens is 233 g/mol. The van der Waals surface area contributed by atoms with Gasteiger partial charge in [0.05, 0.1) is 6.04 Å². The van der Waals surface area contributed by atoms with Crippen LogP contribution in [0.25, 0.3) is 0 Å². The first-order valence-electron chi connectivity index (χ1n) is 5.80. The Labute approximate surface area is 100 Å². The van der Waals surface area contributed by atoms with Crippen molar-refractivity contribution in [2.24, 2.45) is 11.7 Å². The summed E-state index contributed by atoms with van der Waals surface area (Å²) in [4.78, 5) is 12.6. The van der Waals surface area contributed by atoms with Gasteiger partial charge in [-0.15, -0.1) is 0 Å². The summed E-state index contributed by atoms with van der Waals surface area (Å²) in [6.45, 7) is 4.18. The zero-order valence-corrected chi connectivity index (χ0v) is 10.5. The van der Waals surface area contributed by atoms with Crippen molar-refractivity contribution in [1.82, 2.24) is 4.90 Å². The van der Waals surface area contributed by atoms with E-state index >= 15 is 0 Å². The number of unbranched alkanes of at least 4 members (excludes halogenated alkanes) is 1. The summed E-state index contributed by atoms with van der Waals surface area (Å²) in [5.41, 5.74) is 5.59. The number of rotatable bonds is 6. The molecule has 0 aromatic heterocycles. The van der Waals surface area contributed by atoms with Crippen LogP contribution in [0.3, 0.4) is 0 Å². The molecule has 1 atom stereocenters. The van der Waals surface area contributed by atoms with Crippen molar-refractivity contribution in [3.05, 3.63) is 0 Å². The first kappa shape index (κ1) is 16.2. The standard InChI is InChI=1S/C11H21F3N2O/c1-4-5-6-16(7-11(12,13)14)10(17)9(15)8(2)3/h8-9H,4-7,15H2,1-3H3/t9-/m1/s1. The number of carbonyl (C=O) groups excluding carboxylic acids is 1. The molecule has 0 bridgehead atoms. The van der Waals surface area contributed by atoms with Crippen molar-refractivity contribution in [3.63, 3.8) is 0 Å². The third kappa shape index (κ3) is 6.51. The molecule has 0 saturated heterocycles. The van der Waals surface area contributed by atoms with Gasteiger partial charge < -0.3 is 10.6 Å². The molecule has 1 amide bonds. The van der Waals surface area contributed by atoms with Crippen LogP contribution >= 0.6 is 0 Å². The van der Waals surface area contributed by atoms with Crippen LogP contribution in [0.15, 0.2) is 0 Å². The van der Waals surface area contributed by atoms with Crippen molar-refractivity contribution in [2.45, 2.75) is 45.8 Å². The SMILES string of the molecule is CCCCN(CC(F)(F)F)C(=O)[C@H](N)C(C)C. The fraction of sp³-hybridized carbons (Fsp3) is 0.909. The normalized spacial score (nSPS) is 13.9. The largest absolute Gasteiger partial charge is 0.406 e.